The molecular formula is C12H16F2N2O2. The molecule has 4 nitrogen and oxygen atoms in total. The standard InChI is InChI=1S/C12H16F2N2O2/c1-12(2,6-18-3)16-11(17)7-4-8(13)10(15)9(14)5-7/h4-5H,6,15H2,1-3H3,(H,16,17). The Hall–Kier alpha value is -1.69. The number of nitrogen functional groups attached to an aromatic ring is 1. The molecule has 0 radical (unpaired) electrons. The van der Waals surface area contributed by atoms with Crippen LogP contribution in [0.2, 0.25) is 0 Å². The molecule has 1 aromatic rings. The number of carbonyl (C=O) groups is 1. The second-order valence-electron chi connectivity index (χ2n) is 4.62. The van der Waals surface area contributed by atoms with E-state index < -0.39 is 28.8 Å². The van der Waals surface area contributed by atoms with Crippen LogP contribution in [-0.2, 0) is 4.74 Å². The van der Waals surface area contributed by atoms with E-state index >= 15 is 0 Å². The highest BCUT2D eigenvalue weighted by atomic mass is 19.1. The molecule has 0 saturated heterocycles. The van der Waals surface area contributed by atoms with Crippen LogP contribution in [0.3, 0.4) is 0 Å². The van der Waals surface area contributed by atoms with Crippen molar-refractivity contribution in [3.05, 3.63) is 29.3 Å². The topological polar surface area (TPSA) is 64.3 Å². The van der Waals surface area contributed by atoms with E-state index in [1.54, 1.807) is 13.8 Å². The summed E-state index contributed by atoms with van der Waals surface area (Å²) < 4.78 is 31.4. The zero-order valence-electron chi connectivity index (χ0n) is 10.5. The zero-order valence-corrected chi connectivity index (χ0v) is 10.5. The maximum Gasteiger partial charge on any atom is 0.251 e. The maximum atomic E-state index is 13.2. The Morgan fingerprint density at radius 3 is 2.33 bits per heavy atom. The Balaban J connectivity index is 2.92. The number of anilines is 1. The van der Waals surface area contributed by atoms with Crippen molar-refractivity contribution >= 4 is 11.6 Å². The van der Waals surface area contributed by atoms with Crippen molar-refractivity contribution in [1.29, 1.82) is 0 Å². The van der Waals surface area contributed by atoms with Gasteiger partial charge in [0.2, 0.25) is 0 Å². The number of rotatable bonds is 4. The highest BCUT2D eigenvalue weighted by Crippen LogP contribution is 2.17. The predicted octanol–water partition coefficient (Wildman–Crippen LogP) is 1.70. The first-order valence-corrected chi connectivity index (χ1v) is 5.33. The lowest BCUT2D eigenvalue weighted by Crippen LogP contribution is -2.46. The van der Waals surface area contributed by atoms with Gasteiger partial charge >= 0.3 is 0 Å². The monoisotopic (exact) mass is 258 g/mol. The van der Waals surface area contributed by atoms with E-state index in [1.807, 2.05) is 0 Å². The van der Waals surface area contributed by atoms with Gasteiger partial charge in [-0.25, -0.2) is 8.78 Å². The average molecular weight is 258 g/mol. The third-order valence-electron chi connectivity index (χ3n) is 2.30. The van der Waals surface area contributed by atoms with Gasteiger partial charge in [-0.3, -0.25) is 4.79 Å². The summed E-state index contributed by atoms with van der Waals surface area (Å²) in [5.74, 6) is -2.50. The van der Waals surface area contributed by atoms with Crippen LogP contribution >= 0.6 is 0 Å². The van der Waals surface area contributed by atoms with Crippen molar-refractivity contribution in [3.63, 3.8) is 0 Å². The van der Waals surface area contributed by atoms with Crippen LogP contribution in [0.1, 0.15) is 24.2 Å². The number of hydrogen-bond acceptors (Lipinski definition) is 3. The quantitative estimate of drug-likeness (QED) is 0.808. The van der Waals surface area contributed by atoms with Gasteiger partial charge in [0.15, 0.2) is 0 Å². The van der Waals surface area contributed by atoms with Crippen molar-refractivity contribution in [1.82, 2.24) is 5.32 Å². The molecule has 0 fully saturated rings. The van der Waals surface area contributed by atoms with E-state index in [0.29, 0.717) is 0 Å². The molecule has 1 amide bonds. The summed E-state index contributed by atoms with van der Waals surface area (Å²) in [6.45, 7) is 3.75. The van der Waals surface area contributed by atoms with E-state index in [-0.39, 0.29) is 12.2 Å². The Morgan fingerprint density at radius 1 is 1.39 bits per heavy atom. The van der Waals surface area contributed by atoms with Crippen molar-refractivity contribution in [3.8, 4) is 0 Å². The smallest absolute Gasteiger partial charge is 0.251 e. The van der Waals surface area contributed by atoms with Gasteiger partial charge in [-0.2, -0.15) is 0 Å². The first kappa shape index (κ1) is 14.4. The molecule has 0 atom stereocenters. The third kappa shape index (κ3) is 3.40. The summed E-state index contributed by atoms with van der Waals surface area (Å²) in [6, 6.07) is 1.80. The average Bonchev–Trinajstić information content (AvgIpc) is 2.24. The molecule has 3 N–H and O–H groups in total. The minimum Gasteiger partial charge on any atom is -0.394 e. The molecule has 0 heterocycles. The minimum absolute atomic E-state index is 0.122. The zero-order chi connectivity index (χ0) is 13.9. The molecule has 1 rings (SSSR count). The second kappa shape index (κ2) is 5.30. The number of ether oxygens (including phenoxy) is 1. The summed E-state index contributed by atoms with van der Waals surface area (Å²) in [5.41, 5.74) is 3.77. The van der Waals surface area contributed by atoms with Crippen LogP contribution < -0.4 is 11.1 Å². The SMILES string of the molecule is COCC(C)(C)NC(=O)c1cc(F)c(N)c(F)c1. The Bertz CT molecular complexity index is 438. The molecule has 0 aliphatic heterocycles. The Labute approximate surface area is 104 Å². The maximum absolute atomic E-state index is 13.2. The van der Waals surface area contributed by atoms with E-state index in [4.69, 9.17) is 10.5 Å². The van der Waals surface area contributed by atoms with Gasteiger partial charge in [0.25, 0.3) is 5.91 Å². The fraction of sp³-hybridized carbons (Fsp3) is 0.417. The third-order valence-corrected chi connectivity index (χ3v) is 2.30. The summed E-state index contributed by atoms with van der Waals surface area (Å²) in [6.07, 6.45) is 0. The molecule has 0 aromatic heterocycles. The van der Waals surface area contributed by atoms with Gasteiger partial charge < -0.3 is 15.8 Å². The molecule has 0 spiro atoms. The fourth-order valence-corrected chi connectivity index (χ4v) is 1.49. The molecule has 0 aliphatic carbocycles. The molecule has 100 valence electrons. The van der Waals surface area contributed by atoms with Crippen LogP contribution in [0.15, 0.2) is 12.1 Å². The van der Waals surface area contributed by atoms with Gasteiger partial charge in [-0.05, 0) is 26.0 Å². The van der Waals surface area contributed by atoms with Gasteiger partial charge in [0, 0.05) is 12.7 Å². The van der Waals surface area contributed by atoms with Crippen molar-refractivity contribution in [2.24, 2.45) is 0 Å². The molecule has 0 saturated carbocycles. The summed E-state index contributed by atoms with van der Waals surface area (Å²) in [4.78, 5) is 11.8. The van der Waals surface area contributed by atoms with Crippen LogP contribution in [0.5, 0.6) is 0 Å². The summed E-state index contributed by atoms with van der Waals surface area (Å²) in [7, 11) is 1.50. The molecule has 6 heteroatoms. The molecule has 0 aliphatic rings. The van der Waals surface area contributed by atoms with Gasteiger partial charge in [0.05, 0.1) is 12.1 Å². The number of hydrogen-bond donors (Lipinski definition) is 2. The lowest BCUT2D eigenvalue weighted by atomic mass is 10.1. The lowest BCUT2D eigenvalue weighted by Gasteiger charge is -2.25. The molecule has 18 heavy (non-hydrogen) atoms. The van der Waals surface area contributed by atoms with Crippen LogP contribution in [0, 0.1) is 11.6 Å². The fourth-order valence-electron chi connectivity index (χ4n) is 1.49. The van der Waals surface area contributed by atoms with Crippen LogP contribution in [0.25, 0.3) is 0 Å². The minimum atomic E-state index is -0.954. The predicted molar refractivity (Wildman–Crippen MR) is 64.2 cm³/mol. The number of carbonyl (C=O) groups excluding carboxylic acids is 1. The lowest BCUT2D eigenvalue weighted by molar-refractivity contribution is 0.0819. The Morgan fingerprint density at radius 2 is 1.89 bits per heavy atom. The largest absolute Gasteiger partial charge is 0.394 e. The highest BCUT2D eigenvalue weighted by Gasteiger charge is 2.22. The van der Waals surface area contributed by atoms with Gasteiger partial charge in [-0.1, -0.05) is 0 Å². The number of amides is 1. The van der Waals surface area contributed by atoms with Gasteiger partial charge in [0.1, 0.15) is 17.3 Å². The number of methoxy groups -OCH3 is 1. The molecule has 0 unspecified atom stereocenters. The molecule has 0 bridgehead atoms. The van der Waals surface area contributed by atoms with Crippen molar-refractivity contribution < 1.29 is 18.3 Å². The normalized spacial score (nSPS) is 11.4. The number of nitrogens with one attached hydrogen (secondary N) is 1. The number of benzene rings is 1. The first-order valence-electron chi connectivity index (χ1n) is 5.33. The first-order chi connectivity index (χ1) is 8.26. The number of nitrogens with two attached hydrogens (primary N) is 1. The van der Waals surface area contributed by atoms with E-state index in [9.17, 15) is 13.6 Å². The van der Waals surface area contributed by atoms with Crippen molar-refractivity contribution in [2.45, 2.75) is 19.4 Å². The van der Waals surface area contributed by atoms with E-state index in [0.717, 1.165) is 12.1 Å². The summed E-state index contributed by atoms with van der Waals surface area (Å²) >= 11 is 0. The van der Waals surface area contributed by atoms with E-state index in [1.165, 1.54) is 7.11 Å². The highest BCUT2D eigenvalue weighted by molar-refractivity contribution is 5.95. The molecule has 1 aromatic carbocycles. The van der Waals surface area contributed by atoms with Crippen LogP contribution in [0.4, 0.5) is 14.5 Å². The summed E-state index contributed by atoms with van der Waals surface area (Å²) in [5, 5.41) is 2.61. The second-order valence-corrected chi connectivity index (χ2v) is 4.62. The van der Waals surface area contributed by atoms with E-state index in [2.05, 4.69) is 5.32 Å². The van der Waals surface area contributed by atoms with Crippen molar-refractivity contribution in [2.75, 3.05) is 19.5 Å². The van der Waals surface area contributed by atoms with Crippen LogP contribution in [-0.4, -0.2) is 25.2 Å². The van der Waals surface area contributed by atoms with Gasteiger partial charge in [-0.15, -0.1) is 0 Å². The Kier molecular flexibility index (Phi) is 4.24. The number of halogens is 2. The molecular weight excluding hydrogens is 242 g/mol.